The van der Waals surface area contributed by atoms with Gasteiger partial charge >= 0.3 is 0 Å². The summed E-state index contributed by atoms with van der Waals surface area (Å²) in [5.41, 5.74) is 3.56. The van der Waals surface area contributed by atoms with E-state index in [-0.39, 0.29) is 17.3 Å². The molecule has 3 rings (SSSR count). The highest BCUT2D eigenvalue weighted by Crippen LogP contribution is 2.40. The minimum atomic E-state index is -0.645. The Bertz CT molecular complexity index is 1070. The molecule has 1 fully saturated rings. The van der Waals surface area contributed by atoms with Crippen molar-refractivity contribution in [2.75, 3.05) is 34.3 Å². The zero-order valence-electron chi connectivity index (χ0n) is 21.1. The fourth-order valence-corrected chi connectivity index (χ4v) is 4.44. The highest BCUT2D eigenvalue weighted by molar-refractivity contribution is 6.46. The van der Waals surface area contributed by atoms with Crippen molar-refractivity contribution in [1.29, 1.82) is 0 Å². The summed E-state index contributed by atoms with van der Waals surface area (Å²) in [5, 5.41) is 11.4. The Kier molecular flexibility index (Phi) is 8.15. The molecule has 1 atom stereocenters. The van der Waals surface area contributed by atoms with Crippen LogP contribution in [0.1, 0.15) is 61.4 Å². The molecule has 1 N–H and O–H groups in total. The van der Waals surface area contributed by atoms with Crippen LogP contribution in [-0.2, 0) is 16.0 Å². The van der Waals surface area contributed by atoms with Crippen molar-refractivity contribution >= 4 is 17.4 Å². The number of carbonyl (C=O) groups excluding carboxylic acids is 2. The molecule has 0 bridgehead atoms. The fraction of sp³-hybridized carbons (Fsp3) is 0.429. The Morgan fingerprint density at radius 3 is 2.35 bits per heavy atom. The number of aliphatic hydroxyl groups is 1. The van der Waals surface area contributed by atoms with Crippen LogP contribution in [0, 0.1) is 0 Å². The molecule has 0 saturated carbocycles. The zero-order valence-corrected chi connectivity index (χ0v) is 21.1. The molecule has 0 radical (unpaired) electrons. The van der Waals surface area contributed by atoms with E-state index in [1.165, 1.54) is 5.56 Å². The third-order valence-corrected chi connectivity index (χ3v) is 6.37. The first-order chi connectivity index (χ1) is 16.2. The summed E-state index contributed by atoms with van der Waals surface area (Å²) in [6.45, 7) is 7.39. The number of carbonyl (C=O) groups is 2. The van der Waals surface area contributed by atoms with Crippen molar-refractivity contribution in [3.8, 4) is 5.75 Å². The number of Topliss-reactive ketones (excluding diaryl/α,β-unsaturated/α-hetero) is 1. The number of amides is 1. The number of ether oxygens (including phenoxy) is 1. The van der Waals surface area contributed by atoms with Crippen molar-refractivity contribution in [1.82, 2.24) is 9.80 Å². The van der Waals surface area contributed by atoms with Gasteiger partial charge in [-0.15, -0.1) is 0 Å². The molecule has 0 aliphatic carbocycles. The van der Waals surface area contributed by atoms with Crippen molar-refractivity contribution < 1.29 is 19.4 Å². The lowest BCUT2D eigenvalue weighted by atomic mass is 9.92. The molecule has 182 valence electrons. The second-order valence-electron chi connectivity index (χ2n) is 9.36. The largest absolute Gasteiger partial charge is 0.507 e. The van der Waals surface area contributed by atoms with Gasteiger partial charge in [0.15, 0.2) is 0 Å². The van der Waals surface area contributed by atoms with E-state index < -0.39 is 17.7 Å². The van der Waals surface area contributed by atoms with Gasteiger partial charge in [-0.3, -0.25) is 9.59 Å². The third kappa shape index (κ3) is 5.17. The summed E-state index contributed by atoms with van der Waals surface area (Å²) < 4.78 is 5.47. The summed E-state index contributed by atoms with van der Waals surface area (Å²) in [5.74, 6) is -0.477. The molecule has 1 aliphatic rings. The summed E-state index contributed by atoms with van der Waals surface area (Å²) in [7, 11) is 5.57. The third-order valence-electron chi connectivity index (χ3n) is 6.37. The quantitative estimate of drug-likeness (QED) is 0.329. The molecule has 1 saturated heterocycles. The number of nitrogens with zero attached hydrogens (tertiary/aromatic N) is 2. The molecule has 2 aromatic rings. The molecule has 1 unspecified atom stereocenters. The lowest BCUT2D eigenvalue weighted by molar-refractivity contribution is -0.139. The Balaban J connectivity index is 2.13. The van der Waals surface area contributed by atoms with Crippen LogP contribution in [-0.4, -0.2) is 60.9 Å². The minimum absolute atomic E-state index is 0.138. The molecule has 34 heavy (non-hydrogen) atoms. The van der Waals surface area contributed by atoms with E-state index in [1.807, 2.05) is 63.2 Å². The summed E-state index contributed by atoms with van der Waals surface area (Å²) in [6, 6.07) is 12.7. The molecule has 0 spiro atoms. The fourth-order valence-electron chi connectivity index (χ4n) is 4.44. The monoisotopic (exact) mass is 464 g/mol. The average molecular weight is 465 g/mol. The molecule has 1 amide bonds. The number of likely N-dealkylation sites (tertiary alicyclic amines) is 1. The maximum absolute atomic E-state index is 13.2. The van der Waals surface area contributed by atoms with Gasteiger partial charge in [0.2, 0.25) is 0 Å². The van der Waals surface area contributed by atoms with E-state index in [2.05, 4.69) is 6.92 Å². The summed E-state index contributed by atoms with van der Waals surface area (Å²) in [4.78, 5) is 30.0. The van der Waals surface area contributed by atoms with Crippen molar-refractivity contribution in [3.63, 3.8) is 0 Å². The van der Waals surface area contributed by atoms with Crippen LogP contribution in [0.25, 0.3) is 5.76 Å². The second-order valence-corrected chi connectivity index (χ2v) is 9.36. The predicted molar refractivity (Wildman–Crippen MR) is 135 cm³/mol. The normalized spacial score (nSPS) is 17.8. The number of methoxy groups -OCH3 is 1. The SMILES string of the molecule is CCc1ccc(C2/C(=C(/O)c3ccc(OC)c(C(C)C)c3)C(=O)C(=O)N2CCCN(C)C)cc1. The maximum Gasteiger partial charge on any atom is 0.295 e. The molecule has 1 heterocycles. The number of hydrogen-bond donors (Lipinski definition) is 1. The Labute approximate surface area is 202 Å². The van der Waals surface area contributed by atoms with E-state index in [4.69, 9.17) is 4.74 Å². The predicted octanol–water partition coefficient (Wildman–Crippen LogP) is 4.75. The summed E-state index contributed by atoms with van der Waals surface area (Å²) >= 11 is 0. The Morgan fingerprint density at radius 2 is 1.79 bits per heavy atom. The molecular weight excluding hydrogens is 428 g/mol. The average Bonchev–Trinajstić information content (AvgIpc) is 3.08. The molecular formula is C28H36N2O4. The molecule has 2 aromatic carbocycles. The van der Waals surface area contributed by atoms with Gasteiger partial charge in [0.25, 0.3) is 11.7 Å². The van der Waals surface area contributed by atoms with Crippen LogP contribution in [0.5, 0.6) is 5.75 Å². The number of aryl methyl sites for hydroxylation is 1. The second kappa shape index (κ2) is 10.9. The van der Waals surface area contributed by atoms with Crippen molar-refractivity contribution in [2.45, 2.75) is 45.6 Å². The molecule has 6 nitrogen and oxygen atoms in total. The van der Waals surface area contributed by atoms with Gasteiger partial charge in [-0.1, -0.05) is 45.0 Å². The van der Waals surface area contributed by atoms with E-state index >= 15 is 0 Å². The van der Waals surface area contributed by atoms with Gasteiger partial charge in [0.05, 0.1) is 18.7 Å². The van der Waals surface area contributed by atoms with Crippen molar-refractivity contribution in [3.05, 3.63) is 70.3 Å². The van der Waals surface area contributed by atoms with Crippen LogP contribution in [0.2, 0.25) is 0 Å². The standard InChI is InChI=1S/C28H36N2O4/c1-7-19-9-11-20(12-10-19)25-24(27(32)28(33)30(25)16-8-15-29(4)5)26(31)21-13-14-23(34-6)22(17-21)18(2)3/h9-14,17-18,25,31H,7-8,15-16H2,1-6H3/b26-24-. The lowest BCUT2D eigenvalue weighted by Gasteiger charge is -2.26. The maximum atomic E-state index is 13.2. The number of ketones is 1. The zero-order chi connectivity index (χ0) is 25.0. The van der Waals surface area contributed by atoms with E-state index in [0.717, 1.165) is 36.3 Å². The summed E-state index contributed by atoms with van der Waals surface area (Å²) in [6.07, 6.45) is 1.62. The van der Waals surface area contributed by atoms with Crippen LogP contribution in [0.15, 0.2) is 48.0 Å². The number of rotatable bonds is 9. The molecule has 0 aromatic heterocycles. The number of benzene rings is 2. The van der Waals surface area contributed by atoms with Gasteiger partial charge in [0.1, 0.15) is 11.5 Å². The minimum Gasteiger partial charge on any atom is -0.507 e. The van der Waals surface area contributed by atoms with Gasteiger partial charge in [0, 0.05) is 12.1 Å². The van der Waals surface area contributed by atoms with Gasteiger partial charge in [-0.25, -0.2) is 0 Å². The first-order valence-corrected chi connectivity index (χ1v) is 11.9. The van der Waals surface area contributed by atoms with Crippen LogP contribution in [0.4, 0.5) is 0 Å². The topological polar surface area (TPSA) is 70.1 Å². The molecule has 6 heteroatoms. The first kappa shape index (κ1) is 25.5. The van der Waals surface area contributed by atoms with E-state index in [9.17, 15) is 14.7 Å². The number of aliphatic hydroxyl groups excluding tert-OH is 1. The van der Waals surface area contributed by atoms with Crippen LogP contribution >= 0.6 is 0 Å². The smallest absolute Gasteiger partial charge is 0.295 e. The van der Waals surface area contributed by atoms with Gasteiger partial charge in [-0.2, -0.15) is 0 Å². The highest BCUT2D eigenvalue weighted by Gasteiger charge is 2.45. The van der Waals surface area contributed by atoms with E-state index in [1.54, 1.807) is 24.1 Å². The van der Waals surface area contributed by atoms with Gasteiger partial charge in [-0.05, 0) is 74.3 Å². The lowest BCUT2D eigenvalue weighted by Crippen LogP contribution is -2.32. The highest BCUT2D eigenvalue weighted by atomic mass is 16.5. The van der Waals surface area contributed by atoms with Gasteiger partial charge < -0.3 is 19.6 Å². The van der Waals surface area contributed by atoms with Crippen LogP contribution in [0.3, 0.4) is 0 Å². The Morgan fingerprint density at radius 1 is 1.12 bits per heavy atom. The molecule has 1 aliphatic heterocycles. The van der Waals surface area contributed by atoms with Crippen LogP contribution < -0.4 is 4.74 Å². The van der Waals surface area contributed by atoms with Crippen molar-refractivity contribution in [2.24, 2.45) is 0 Å². The Hall–Kier alpha value is -3.12. The first-order valence-electron chi connectivity index (χ1n) is 11.9. The number of hydrogen-bond acceptors (Lipinski definition) is 5. The van der Waals surface area contributed by atoms with E-state index in [0.29, 0.717) is 12.1 Å².